The van der Waals surface area contributed by atoms with E-state index < -0.39 is 21.1 Å². The van der Waals surface area contributed by atoms with Gasteiger partial charge in [-0.2, -0.15) is 0 Å². The van der Waals surface area contributed by atoms with Crippen molar-refractivity contribution in [2.24, 2.45) is 5.73 Å². The van der Waals surface area contributed by atoms with Crippen LogP contribution < -0.4 is 10.5 Å². The molecule has 1 aromatic rings. The van der Waals surface area contributed by atoms with Crippen molar-refractivity contribution in [3.8, 4) is 5.75 Å². The summed E-state index contributed by atoms with van der Waals surface area (Å²) in [4.78, 5) is 0. The van der Waals surface area contributed by atoms with E-state index in [1.54, 1.807) is 7.11 Å². The molecule has 4 nitrogen and oxygen atoms in total. The first-order valence-corrected chi connectivity index (χ1v) is 9.30. The zero-order valence-corrected chi connectivity index (χ0v) is 13.2. The highest BCUT2D eigenvalue weighted by Gasteiger charge is 2.43. The van der Waals surface area contributed by atoms with Gasteiger partial charge in [-0.25, -0.2) is 8.42 Å². The molecule has 0 aromatic heterocycles. The van der Waals surface area contributed by atoms with Gasteiger partial charge in [0.25, 0.3) is 0 Å². The van der Waals surface area contributed by atoms with E-state index in [-0.39, 0.29) is 5.25 Å². The first-order chi connectivity index (χ1) is 10.0. The first-order valence-electron chi connectivity index (χ1n) is 7.69. The number of hydrogen-bond donors (Lipinski definition) is 1. The van der Waals surface area contributed by atoms with Crippen LogP contribution in [0.15, 0.2) is 18.2 Å². The fraction of sp³-hybridized carbons (Fsp3) is 0.625. The van der Waals surface area contributed by atoms with Crippen molar-refractivity contribution in [1.82, 2.24) is 0 Å². The smallest absolute Gasteiger partial charge is 0.158 e. The third kappa shape index (κ3) is 2.57. The Kier molecular flexibility index (Phi) is 3.97. The Morgan fingerprint density at radius 3 is 2.57 bits per heavy atom. The average Bonchev–Trinajstić information content (AvgIpc) is 2.85. The van der Waals surface area contributed by atoms with E-state index in [9.17, 15) is 8.42 Å². The summed E-state index contributed by atoms with van der Waals surface area (Å²) in [5.74, 6) is 0.736. The lowest BCUT2D eigenvalue weighted by Gasteiger charge is -2.27. The minimum absolute atomic E-state index is 0.196. The lowest BCUT2D eigenvalue weighted by atomic mass is 10.0. The molecule has 0 radical (unpaired) electrons. The number of benzene rings is 1. The molecular formula is C16H23NO3S. The van der Waals surface area contributed by atoms with E-state index in [1.165, 1.54) is 0 Å². The summed E-state index contributed by atoms with van der Waals surface area (Å²) in [5.41, 5.74) is 8.25. The van der Waals surface area contributed by atoms with Gasteiger partial charge in [0, 0.05) is 6.04 Å². The number of rotatable bonds is 3. The minimum atomic E-state index is -3.16. The van der Waals surface area contributed by atoms with Crippen LogP contribution in [0.2, 0.25) is 0 Å². The summed E-state index contributed by atoms with van der Waals surface area (Å²) >= 11 is 0. The van der Waals surface area contributed by atoms with E-state index in [0.29, 0.717) is 6.42 Å². The van der Waals surface area contributed by atoms with Crippen molar-refractivity contribution >= 4 is 9.84 Å². The molecule has 1 aromatic carbocycles. The van der Waals surface area contributed by atoms with E-state index in [1.807, 2.05) is 18.2 Å². The lowest BCUT2D eigenvalue weighted by molar-refractivity contribution is 0.414. The van der Waals surface area contributed by atoms with Crippen LogP contribution in [0.5, 0.6) is 5.75 Å². The van der Waals surface area contributed by atoms with Crippen molar-refractivity contribution in [2.45, 2.75) is 55.1 Å². The van der Waals surface area contributed by atoms with E-state index >= 15 is 0 Å². The molecule has 21 heavy (non-hydrogen) atoms. The molecule has 3 rings (SSSR count). The van der Waals surface area contributed by atoms with Gasteiger partial charge in [-0.15, -0.1) is 0 Å². The molecule has 2 unspecified atom stereocenters. The molecule has 0 bridgehead atoms. The molecule has 0 spiro atoms. The molecule has 5 heteroatoms. The number of hydrogen-bond acceptors (Lipinski definition) is 4. The van der Waals surface area contributed by atoms with Gasteiger partial charge in [0.15, 0.2) is 9.84 Å². The van der Waals surface area contributed by atoms with Crippen LogP contribution in [0.1, 0.15) is 49.3 Å². The Morgan fingerprint density at radius 2 is 1.90 bits per heavy atom. The van der Waals surface area contributed by atoms with E-state index in [4.69, 9.17) is 10.5 Å². The monoisotopic (exact) mass is 309 g/mol. The Labute approximate surface area is 126 Å². The first kappa shape index (κ1) is 14.9. The van der Waals surface area contributed by atoms with Gasteiger partial charge in [-0.05, 0) is 42.5 Å². The molecule has 0 aliphatic heterocycles. The van der Waals surface area contributed by atoms with Crippen molar-refractivity contribution < 1.29 is 13.2 Å². The summed E-state index contributed by atoms with van der Waals surface area (Å²) in [6.45, 7) is 0. The Hall–Kier alpha value is -1.07. The largest absolute Gasteiger partial charge is 0.497 e. The average molecular weight is 309 g/mol. The number of ether oxygens (including phenoxy) is 1. The second-order valence-corrected chi connectivity index (χ2v) is 8.63. The van der Waals surface area contributed by atoms with Crippen LogP contribution in [-0.2, 0) is 16.3 Å². The highest BCUT2D eigenvalue weighted by molar-refractivity contribution is 7.92. The molecule has 2 N–H and O–H groups in total. The Balaban J connectivity index is 1.88. The van der Waals surface area contributed by atoms with Crippen molar-refractivity contribution in [3.05, 3.63) is 29.3 Å². The quantitative estimate of drug-likeness (QED) is 0.930. The second-order valence-electron chi connectivity index (χ2n) is 6.18. The maximum absolute atomic E-state index is 12.9. The molecule has 0 amide bonds. The SMILES string of the molecule is COc1ccc2c(c1)C(N)C(S(=O)(=O)C1CCCCC1)C2. The van der Waals surface area contributed by atoms with Gasteiger partial charge in [0.05, 0.1) is 17.6 Å². The summed E-state index contributed by atoms with van der Waals surface area (Å²) in [6.07, 6.45) is 5.33. The second kappa shape index (κ2) is 5.61. The summed E-state index contributed by atoms with van der Waals surface area (Å²) in [6, 6.07) is 5.28. The number of fused-ring (bicyclic) bond motifs is 1. The molecule has 116 valence electrons. The highest BCUT2D eigenvalue weighted by Crippen LogP contribution is 2.39. The molecule has 1 saturated carbocycles. The number of methoxy groups -OCH3 is 1. The zero-order chi connectivity index (χ0) is 15.0. The Bertz CT molecular complexity index is 620. The summed E-state index contributed by atoms with van der Waals surface area (Å²) in [5, 5.41) is -0.666. The maximum Gasteiger partial charge on any atom is 0.158 e. The Morgan fingerprint density at radius 1 is 1.19 bits per heavy atom. The molecule has 0 heterocycles. The molecule has 2 aliphatic carbocycles. The van der Waals surface area contributed by atoms with Crippen LogP contribution in [0.4, 0.5) is 0 Å². The van der Waals surface area contributed by atoms with Crippen molar-refractivity contribution in [1.29, 1.82) is 0 Å². The molecule has 1 fully saturated rings. The molecular weight excluding hydrogens is 286 g/mol. The van der Waals surface area contributed by atoms with Gasteiger partial charge in [-0.3, -0.25) is 0 Å². The molecule has 2 atom stereocenters. The molecule has 0 saturated heterocycles. The highest BCUT2D eigenvalue weighted by atomic mass is 32.2. The number of nitrogens with two attached hydrogens (primary N) is 1. The van der Waals surface area contributed by atoms with Gasteiger partial charge in [-0.1, -0.05) is 25.3 Å². The third-order valence-corrected chi connectivity index (χ3v) is 7.68. The topological polar surface area (TPSA) is 69.4 Å². The van der Waals surface area contributed by atoms with Gasteiger partial charge >= 0.3 is 0 Å². The standard InChI is InChI=1S/C16H23NO3S/c1-20-12-8-7-11-9-15(16(17)14(11)10-12)21(18,19)13-5-3-2-4-6-13/h7-8,10,13,15-16H,2-6,9,17H2,1H3. The van der Waals surface area contributed by atoms with Crippen LogP contribution in [-0.4, -0.2) is 26.0 Å². The minimum Gasteiger partial charge on any atom is -0.497 e. The van der Waals surface area contributed by atoms with Crippen molar-refractivity contribution in [3.63, 3.8) is 0 Å². The fourth-order valence-electron chi connectivity index (χ4n) is 3.70. The van der Waals surface area contributed by atoms with Gasteiger partial charge in [0.2, 0.25) is 0 Å². The molecule has 2 aliphatic rings. The third-order valence-electron chi connectivity index (χ3n) is 4.97. The van der Waals surface area contributed by atoms with E-state index in [0.717, 1.165) is 49.0 Å². The van der Waals surface area contributed by atoms with Gasteiger partial charge < -0.3 is 10.5 Å². The predicted molar refractivity (Wildman–Crippen MR) is 83.2 cm³/mol. The van der Waals surface area contributed by atoms with Gasteiger partial charge in [0.1, 0.15) is 5.75 Å². The van der Waals surface area contributed by atoms with E-state index in [2.05, 4.69) is 0 Å². The number of sulfone groups is 1. The van der Waals surface area contributed by atoms with Crippen molar-refractivity contribution in [2.75, 3.05) is 7.11 Å². The zero-order valence-electron chi connectivity index (χ0n) is 12.4. The van der Waals surface area contributed by atoms with Crippen LogP contribution in [0, 0.1) is 0 Å². The maximum atomic E-state index is 12.9. The van der Waals surface area contributed by atoms with Crippen LogP contribution in [0.25, 0.3) is 0 Å². The lowest BCUT2D eigenvalue weighted by Crippen LogP contribution is -2.38. The normalized spacial score (nSPS) is 26.6. The summed E-state index contributed by atoms with van der Waals surface area (Å²) in [7, 11) is -1.55. The van der Waals surface area contributed by atoms with Crippen LogP contribution in [0.3, 0.4) is 0 Å². The van der Waals surface area contributed by atoms with Crippen LogP contribution >= 0.6 is 0 Å². The predicted octanol–water partition coefficient (Wildman–Crippen LogP) is 2.37. The summed E-state index contributed by atoms with van der Waals surface area (Å²) < 4.78 is 31.0. The fourth-order valence-corrected chi connectivity index (χ4v) is 6.15.